The summed E-state index contributed by atoms with van der Waals surface area (Å²) in [6, 6.07) is 0.369. The summed E-state index contributed by atoms with van der Waals surface area (Å²) in [6.45, 7) is 5.59. The van der Waals surface area contributed by atoms with Crippen LogP contribution in [0.15, 0.2) is 12.2 Å². The lowest BCUT2D eigenvalue weighted by molar-refractivity contribution is -0.609. The van der Waals surface area contributed by atoms with Crippen molar-refractivity contribution in [3.8, 4) is 0 Å². The normalized spacial score (nSPS) is 32.6. The first-order valence-corrected chi connectivity index (χ1v) is 25.5. The van der Waals surface area contributed by atoms with Gasteiger partial charge in [-0.25, -0.2) is 10.6 Å². The Morgan fingerprint density at radius 2 is 1.57 bits per heavy atom. The van der Waals surface area contributed by atoms with Gasteiger partial charge in [-0.15, -0.1) is 0 Å². The topological polar surface area (TPSA) is 234 Å². The van der Waals surface area contributed by atoms with Gasteiger partial charge in [0.1, 0.15) is 12.1 Å². The summed E-state index contributed by atoms with van der Waals surface area (Å²) < 4.78 is 59.4. The highest BCUT2D eigenvalue weighted by Crippen LogP contribution is 2.46. The number of nitrogens with two attached hydrogens (primary N) is 2. The molecule has 10 atom stereocenters. The van der Waals surface area contributed by atoms with Crippen molar-refractivity contribution in [2.24, 2.45) is 17.4 Å². The van der Waals surface area contributed by atoms with Crippen LogP contribution in [0.5, 0.6) is 0 Å². The van der Waals surface area contributed by atoms with Crippen molar-refractivity contribution in [3.05, 3.63) is 12.2 Å². The van der Waals surface area contributed by atoms with Crippen LogP contribution in [0.3, 0.4) is 0 Å². The number of rotatable bonds is 23. The highest BCUT2D eigenvalue weighted by molar-refractivity contribution is 5.83. The molecule has 16 nitrogen and oxygen atoms in total. The second kappa shape index (κ2) is 25.7. The van der Waals surface area contributed by atoms with Gasteiger partial charge in [0.2, 0.25) is 11.5 Å². The number of aliphatic hydroxyl groups excluding tert-OH is 1. The Morgan fingerprint density at radius 3 is 2.16 bits per heavy atom. The summed E-state index contributed by atoms with van der Waals surface area (Å²) in [5.74, 6) is -4.64. The lowest BCUT2D eigenvalue weighted by atomic mass is 9.80. The quantitative estimate of drug-likeness (QED) is 0.0360. The number of carboxylic acid groups (broad SMARTS) is 1. The monoisotopic (exact) mass is 959 g/mol. The molecule has 6 rings (SSSR count). The van der Waals surface area contributed by atoms with E-state index in [1.54, 1.807) is 0 Å². The number of aliphatic hydroxyl groups is 2. The fourth-order valence-electron chi connectivity index (χ4n) is 11.0. The van der Waals surface area contributed by atoms with Gasteiger partial charge in [0.25, 0.3) is 5.91 Å². The minimum absolute atomic E-state index is 0.0501. The molecular weight excluding hydrogens is 878 g/mol. The van der Waals surface area contributed by atoms with Gasteiger partial charge >= 0.3 is 18.1 Å². The number of carboxylic acids is 1. The molecule has 1 amide bonds. The largest absolute Gasteiger partial charge is 0.542 e. The first kappa shape index (κ1) is 54.9. The first-order valence-electron chi connectivity index (χ1n) is 25.5. The zero-order valence-electron chi connectivity index (χ0n) is 40.0. The molecule has 0 radical (unpaired) electrons. The Kier molecular flexibility index (Phi) is 21.0. The van der Waals surface area contributed by atoms with E-state index in [0.717, 1.165) is 102 Å². The Morgan fingerprint density at radius 1 is 0.925 bits per heavy atom. The van der Waals surface area contributed by atoms with Crippen LogP contribution >= 0.6 is 0 Å². The molecule has 0 aromatic rings. The second-order valence-electron chi connectivity index (χ2n) is 19.6. The van der Waals surface area contributed by atoms with E-state index in [0.29, 0.717) is 32.0 Å². The standard InChI is InChI=1S/C46H80N6O8.C2HF3O2/c1-3-36-22-16-17-26-44(59-36)33-35-24-25-37-39(45(27-19-21-34(2)58-45)50-43(49-44)52(35)37)41(54)57-32-18-14-12-10-8-6-4-5-7-9-11-13-15-23-38-40(53)51(31-20-29-47)42(55)46(56,60-38)28-30-48;3-2(4,5)1(6)7/h16,22,34-39,42,55-56H,3-15,17-21,23-33,47-48H2,1-2H3,(H,49,50);(H,6,7)/t34-,35+,36+,37-,38-,39-,42-,44+,45-,46+;/m0./s1. The van der Waals surface area contributed by atoms with Gasteiger partial charge in [-0.3, -0.25) is 14.2 Å². The summed E-state index contributed by atoms with van der Waals surface area (Å²) >= 11 is 0. The third kappa shape index (κ3) is 14.7. The Labute approximate surface area is 395 Å². The van der Waals surface area contributed by atoms with E-state index >= 15 is 0 Å². The van der Waals surface area contributed by atoms with Gasteiger partial charge in [-0.2, -0.15) is 13.2 Å². The Hall–Kier alpha value is -3.07. The number of esters is 1. The number of guanidine groups is 1. The number of aliphatic carboxylic acids is 1. The molecule has 0 aromatic carbocycles. The molecule has 2 spiro atoms. The molecular formula is C48H81F3N6O10. The van der Waals surface area contributed by atoms with E-state index in [1.165, 1.54) is 49.8 Å². The fourth-order valence-corrected chi connectivity index (χ4v) is 11.0. The zero-order valence-corrected chi connectivity index (χ0v) is 40.0. The minimum Gasteiger partial charge on any atom is -0.542 e. The number of allylic oxidation sites excluding steroid dienone is 1. The van der Waals surface area contributed by atoms with E-state index < -0.39 is 41.7 Å². The average Bonchev–Trinajstić information content (AvgIpc) is 3.58. The Bertz CT molecular complexity index is 1660. The molecule has 3 saturated heterocycles. The third-order valence-electron chi connectivity index (χ3n) is 14.4. The van der Waals surface area contributed by atoms with Crippen molar-refractivity contribution in [3.63, 3.8) is 0 Å². The molecule has 3 fully saturated rings. The SMILES string of the molecule is CC[C@@H]1C=CCC[C@]2(C[C@H]3CC[C@H]4[C@@H](C(=O)OCCCCCCCCCCCCCCC[C@@H]5O[C@](O)(CCN)[C@H](O)N(CCCN)C5=O)[C@@]5(CCC[C@H](C)O5)NC(=[N+]34)N2)O1.O=C([O-])C(F)(F)F. The van der Waals surface area contributed by atoms with Crippen molar-refractivity contribution in [2.45, 2.75) is 234 Å². The highest BCUT2D eigenvalue weighted by Gasteiger charge is 2.65. The predicted molar refractivity (Wildman–Crippen MR) is 241 cm³/mol. The lowest BCUT2D eigenvalue weighted by Crippen LogP contribution is -2.76. The molecule has 0 saturated carbocycles. The number of alkyl halides is 3. The molecule has 0 aromatic heterocycles. The predicted octanol–water partition coefficient (Wildman–Crippen LogP) is 4.46. The molecule has 0 bridgehead atoms. The third-order valence-corrected chi connectivity index (χ3v) is 14.4. The van der Waals surface area contributed by atoms with Crippen LogP contribution in [0.4, 0.5) is 13.2 Å². The van der Waals surface area contributed by atoms with Gasteiger partial charge in [-0.1, -0.05) is 96.1 Å². The summed E-state index contributed by atoms with van der Waals surface area (Å²) in [7, 11) is 0. The number of carbonyl (C=O) groups excluding carboxylic acids is 3. The molecule has 0 unspecified atom stereocenters. The van der Waals surface area contributed by atoms with Crippen LogP contribution in [-0.4, -0.2) is 130 Å². The number of ether oxygens (including phenoxy) is 4. The minimum atomic E-state index is -5.19. The average molecular weight is 959 g/mol. The number of carbonyl (C=O) groups is 3. The summed E-state index contributed by atoms with van der Waals surface area (Å²) in [5, 5.41) is 38.0. The molecule has 6 heterocycles. The van der Waals surface area contributed by atoms with E-state index in [9.17, 15) is 33.0 Å². The summed E-state index contributed by atoms with van der Waals surface area (Å²) in [6.07, 6.45) is 21.5. The maximum absolute atomic E-state index is 14.1. The van der Waals surface area contributed by atoms with Gasteiger partial charge in [0.15, 0.2) is 17.9 Å². The number of unbranched alkanes of at least 4 members (excludes halogenated alkanes) is 12. The van der Waals surface area contributed by atoms with E-state index in [2.05, 4.69) is 41.2 Å². The number of nitrogens with zero attached hydrogens (tertiary/aromatic N) is 2. The second-order valence-corrected chi connectivity index (χ2v) is 19.6. The summed E-state index contributed by atoms with van der Waals surface area (Å²) in [5.41, 5.74) is 10.1. The van der Waals surface area contributed by atoms with Crippen LogP contribution in [0, 0.1) is 5.92 Å². The van der Waals surface area contributed by atoms with Crippen molar-refractivity contribution in [1.29, 1.82) is 0 Å². The van der Waals surface area contributed by atoms with Crippen LogP contribution in [-0.2, 0) is 33.3 Å². The number of morpholine rings is 1. The number of nitrogens with one attached hydrogen (secondary N) is 2. The van der Waals surface area contributed by atoms with Crippen LogP contribution in [0.25, 0.3) is 0 Å². The first-order chi connectivity index (χ1) is 32.0. The van der Waals surface area contributed by atoms with Crippen molar-refractivity contribution in [1.82, 2.24) is 15.5 Å². The van der Waals surface area contributed by atoms with E-state index in [1.807, 2.05) is 0 Å². The molecule has 19 heteroatoms. The van der Waals surface area contributed by atoms with Gasteiger partial charge in [0, 0.05) is 32.2 Å². The molecule has 6 aliphatic heterocycles. The lowest BCUT2D eigenvalue weighted by Gasteiger charge is -2.50. The molecule has 8 N–H and O–H groups in total. The maximum atomic E-state index is 14.1. The molecule has 384 valence electrons. The number of halogens is 3. The van der Waals surface area contributed by atoms with Gasteiger partial charge < -0.3 is 55.4 Å². The van der Waals surface area contributed by atoms with Crippen molar-refractivity contribution in [2.75, 3.05) is 26.2 Å². The van der Waals surface area contributed by atoms with Crippen molar-refractivity contribution >= 4 is 23.8 Å². The number of amides is 1. The van der Waals surface area contributed by atoms with Crippen LogP contribution in [0.2, 0.25) is 0 Å². The smallest absolute Gasteiger partial charge is 0.430 e. The maximum Gasteiger partial charge on any atom is 0.430 e. The van der Waals surface area contributed by atoms with Crippen molar-refractivity contribution < 1.29 is 66.4 Å². The molecule has 6 aliphatic rings. The zero-order chi connectivity index (χ0) is 48.7. The molecule has 67 heavy (non-hydrogen) atoms. The van der Waals surface area contributed by atoms with Gasteiger partial charge in [-0.05, 0) is 77.8 Å². The van der Waals surface area contributed by atoms with E-state index in [4.69, 9.17) is 40.3 Å². The van der Waals surface area contributed by atoms with Gasteiger partial charge in [0.05, 0.1) is 30.9 Å². The van der Waals surface area contributed by atoms with Crippen LogP contribution < -0.4 is 27.2 Å². The van der Waals surface area contributed by atoms with E-state index in [-0.39, 0.29) is 55.6 Å². The van der Waals surface area contributed by atoms with Crippen LogP contribution in [0.1, 0.15) is 174 Å². The summed E-state index contributed by atoms with van der Waals surface area (Å²) in [4.78, 5) is 37.2. The molecule has 0 aliphatic carbocycles. The highest BCUT2D eigenvalue weighted by atomic mass is 19.4. The fraction of sp³-hybridized carbons (Fsp3) is 0.875. The number of hydrogen-bond acceptors (Lipinski definition) is 14. The number of hydrogen-bond donors (Lipinski definition) is 6. The Balaban J connectivity index is 0.00000111.